The second kappa shape index (κ2) is 7.17. The summed E-state index contributed by atoms with van der Waals surface area (Å²) in [4.78, 5) is 15.8. The molecule has 1 amide bonds. The molecule has 122 valence electrons. The number of carbonyl (C=O) groups excluding carboxylic acids is 1. The van der Waals surface area contributed by atoms with Crippen LogP contribution in [-0.2, 0) is 11.3 Å². The summed E-state index contributed by atoms with van der Waals surface area (Å²) < 4.78 is 13.7. The van der Waals surface area contributed by atoms with Crippen LogP contribution in [0.1, 0.15) is 18.4 Å². The highest BCUT2D eigenvalue weighted by atomic mass is 19.1. The molecule has 0 saturated carbocycles. The van der Waals surface area contributed by atoms with Gasteiger partial charge in [0, 0.05) is 31.7 Å². The van der Waals surface area contributed by atoms with Crippen molar-refractivity contribution < 1.29 is 19.4 Å². The first kappa shape index (κ1) is 16.9. The fourth-order valence-corrected chi connectivity index (χ4v) is 2.89. The molecule has 1 aliphatic rings. The van der Waals surface area contributed by atoms with E-state index in [2.05, 4.69) is 0 Å². The average Bonchev–Trinajstić information content (AvgIpc) is 2.46. The lowest BCUT2D eigenvalue weighted by Crippen LogP contribution is -2.58. The molecular weight excluding hydrogens is 287 g/mol. The van der Waals surface area contributed by atoms with Crippen molar-refractivity contribution in [3.8, 4) is 0 Å². The number of aliphatic hydroxyl groups excluding tert-OH is 1. The van der Waals surface area contributed by atoms with E-state index in [4.69, 9.17) is 5.11 Å². The van der Waals surface area contributed by atoms with Gasteiger partial charge < -0.3 is 20.0 Å². The Hall–Kier alpha value is -1.50. The Bertz CT molecular complexity index is 526. The number of likely N-dealkylation sites (N-methyl/N-ethyl adjacent to an activating group) is 1. The van der Waals surface area contributed by atoms with Crippen LogP contribution in [-0.4, -0.2) is 64.8 Å². The second-order valence-corrected chi connectivity index (χ2v) is 5.91. The van der Waals surface area contributed by atoms with Gasteiger partial charge in [-0.3, -0.25) is 4.79 Å². The molecule has 1 saturated heterocycles. The lowest BCUT2D eigenvalue weighted by atomic mass is 9.91. The lowest BCUT2D eigenvalue weighted by Gasteiger charge is -2.40. The fourth-order valence-electron chi connectivity index (χ4n) is 2.89. The van der Waals surface area contributed by atoms with Crippen LogP contribution in [0.25, 0.3) is 0 Å². The molecule has 0 aromatic heterocycles. The quantitative estimate of drug-likeness (QED) is 0.808. The number of carbonyl (C=O) groups is 1. The van der Waals surface area contributed by atoms with Gasteiger partial charge in [-0.25, -0.2) is 4.39 Å². The molecule has 2 rings (SSSR count). The van der Waals surface area contributed by atoms with Crippen molar-refractivity contribution in [2.75, 3.05) is 33.3 Å². The Balaban J connectivity index is 2.08. The van der Waals surface area contributed by atoms with Crippen LogP contribution in [0.5, 0.6) is 0 Å². The summed E-state index contributed by atoms with van der Waals surface area (Å²) in [7, 11) is 1.75. The van der Waals surface area contributed by atoms with Crippen molar-refractivity contribution in [2.45, 2.75) is 25.0 Å². The summed E-state index contributed by atoms with van der Waals surface area (Å²) in [5.74, 6) is -0.714. The van der Waals surface area contributed by atoms with Gasteiger partial charge in [-0.2, -0.15) is 0 Å². The van der Waals surface area contributed by atoms with E-state index in [1.165, 1.54) is 11.0 Å². The number of likely N-dealkylation sites (tertiary alicyclic amines) is 1. The highest BCUT2D eigenvalue weighted by Crippen LogP contribution is 2.25. The predicted octanol–water partition coefficient (Wildman–Crippen LogP) is 0.603. The molecule has 2 N–H and O–H groups in total. The maximum Gasteiger partial charge on any atom is 0.256 e. The van der Waals surface area contributed by atoms with Gasteiger partial charge in [0.05, 0.1) is 6.61 Å². The number of nitrogens with zero attached hydrogens (tertiary/aromatic N) is 2. The molecule has 0 aliphatic carbocycles. The molecule has 1 aromatic rings. The first-order valence-electron chi connectivity index (χ1n) is 7.51. The predicted molar refractivity (Wildman–Crippen MR) is 80.6 cm³/mol. The lowest BCUT2D eigenvalue weighted by molar-refractivity contribution is -0.160. The molecule has 1 atom stereocenters. The van der Waals surface area contributed by atoms with Gasteiger partial charge in [-0.15, -0.1) is 0 Å². The third kappa shape index (κ3) is 3.82. The third-order valence-electron chi connectivity index (χ3n) is 4.04. The van der Waals surface area contributed by atoms with Gasteiger partial charge >= 0.3 is 0 Å². The molecule has 0 spiro atoms. The Kier molecular flexibility index (Phi) is 5.50. The van der Waals surface area contributed by atoms with Crippen LogP contribution in [0.2, 0.25) is 0 Å². The van der Waals surface area contributed by atoms with Gasteiger partial charge in [-0.1, -0.05) is 18.2 Å². The number of aliphatic hydroxyl groups is 2. The molecule has 1 aliphatic heterocycles. The Morgan fingerprint density at radius 1 is 1.41 bits per heavy atom. The number of hydrogen-bond donors (Lipinski definition) is 2. The molecule has 1 heterocycles. The van der Waals surface area contributed by atoms with E-state index in [0.29, 0.717) is 31.5 Å². The average molecular weight is 310 g/mol. The van der Waals surface area contributed by atoms with E-state index >= 15 is 0 Å². The molecule has 5 nitrogen and oxygen atoms in total. The smallest absolute Gasteiger partial charge is 0.256 e. The van der Waals surface area contributed by atoms with Crippen LogP contribution >= 0.6 is 0 Å². The third-order valence-corrected chi connectivity index (χ3v) is 4.04. The van der Waals surface area contributed by atoms with Crippen LogP contribution in [0.15, 0.2) is 24.3 Å². The van der Waals surface area contributed by atoms with Crippen molar-refractivity contribution in [1.29, 1.82) is 0 Å². The van der Waals surface area contributed by atoms with E-state index in [0.717, 1.165) is 0 Å². The van der Waals surface area contributed by atoms with Gasteiger partial charge in [-0.05, 0) is 26.0 Å². The van der Waals surface area contributed by atoms with Gasteiger partial charge in [0.1, 0.15) is 5.82 Å². The van der Waals surface area contributed by atoms with E-state index in [1.54, 1.807) is 30.1 Å². The van der Waals surface area contributed by atoms with Crippen molar-refractivity contribution in [2.24, 2.45) is 0 Å². The second-order valence-electron chi connectivity index (χ2n) is 5.91. The first-order chi connectivity index (χ1) is 10.5. The van der Waals surface area contributed by atoms with Crippen molar-refractivity contribution in [1.82, 2.24) is 9.80 Å². The summed E-state index contributed by atoms with van der Waals surface area (Å²) in [5.41, 5.74) is -1.02. The fraction of sp³-hybridized carbons (Fsp3) is 0.562. The van der Waals surface area contributed by atoms with Gasteiger partial charge in [0.2, 0.25) is 0 Å². The van der Waals surface area contributed by atoms with Crippen LogP contribution in [0.4, 0.5) is 4.39 Å². The molecule has 0 unspecified atom stereocenters. The maximum absolute atomic E-state index is 13.7. The summed E-state index contributed by atoms with van der Waals surface area (Å²) in [5, 5.41) is 19.6. The molecular formula is C16H23FN2O3. The van der Waals surface area contributed by atoms with E-state index in [-0.39, 0.29) is 31.4 Å². The Labute approximate surface area is 130 Å². The standard InChI is InChI=1S/C16H23FN2O3/c1-18(9-10-20)12-16(22)7-4-8-19(15(16)21)11-13-5-2-3-6-14(13)17/h2-3,5-6,20,22H,4,7-12H2,1H3/t16-/m1/s1. The number of amides is 1. The zero-order valence-electron chi connectivity index (χ0n) is 12.8. The van der Waals surface area contributed by atoms with Crippen LogP contribution in [0.3, 0.4) is 0 Å². The monoisotopic (exact) mass is 310 g/mol. The minimum absolute atomic E-state index is 0.0281. The summed E-state index contributed by atoms with van der Waals surface area (Å²) in [6, 6.07) is 6.35. The SMILES string of the molecule is CN(CCO)C[C@]1(O)CCCN(Cc2ccccc2F)C1=O. The van der Waals surface area contributed by atoms with Gasteiger partial charge in [0.15, 0.2) is 5.60 Å². The summed E-state index contributed by atoms with van der Waals surface area (Å²) >= 11 is 0. The van der Waals surface area contributed by atoms with E-state index in [1.807, 2.05) is 0 Å². The number of hydrogen-bond acceptors (Lipinski definition) is 4. The molecule has 6 heteroatoms. The largest absolute Gasteiger partial charge is 0.395 e. The first-order valence-corrected chi connectivity index (χ1v) is 7.51. The Morgan fingerprint density at radius 3 is 2.82 bits per heavy atom. The molecule has 22 heavy (non-hydrogen) atoms. The van der Waals surface area contributed by atoms with Crippen LogP contribution < -0.4 is 0 Å². The highest BCUT2D eigenvalue weighted by molar-refractivity contribution is 5.86. The molecule has 1 fully saturated rings. The molecule has 0 bridgehead atoms. The molecule has 1 aromatic carbocycles. The minimum Gasteiger partial charge on any atom is -0.395 e. The minimum atomic E-state index is -1.46. The summed E-state index contributed by atoms with van der Waals surface area (Å²) in [6.45, 7) is 1.21. The highest BCUT2D eigenvalue weighted by Gasteiger charge is 2.42. The number of piperidine rings is 1. The normalized spacial score (nSPS) is 22.4. The zero-order chi connectivity index (χ0) is 16.2. The topological polar surface area (TPSA) is 64.0 Å². The molecule has 0 radical (unpaired) electrons. The summed E-state index contributed by atoms with van der Waals surface area (Å²) in [6.07, 6.45) is 1.05. The van der Waals surface area contributed by atoms with E-state index < -0.39 is 5.60 Å². The van der Waals surface area contributed by atoms with Crippen molar-refractivity contribution >= 4 is 5.91 Å². The number of benzene rings is 1. The van der Waals surface area contributed by atoms with Crippen molar-refractivity contribution in [3.63, 3.8) is 0 Å². The Morgan fingerprint density at radius 2 is 2.14 bits per heavy atom. The maximum atomic E-state index is 13.7. The van der Waals surface area contributed by atoms with Crippen molar-refractivity contribution in [3.05, 3.63) is 35.6 Å². The van der Waals surface area contributed by atoms with Gasteiger partial charge in [0.25, 0.3) is 5.91 Å². The van der Waals surface area contributed by atoms with E-state index in [9.17, 15) is 14.3 Å². The zero-order valence-corrected chi connectivity index (χ0v) is 12.8. The number of rotatable bonds is 6. The van der Waals surface area contributed by atoms with Crippen LogP contribution in [0, 0.1) is 5.82 Å². The number of halogens is 1.